The first kappa shape index (κ1) is 14.9. The Kier molecular flexibility index (Phi) is 4.79. The Morgan fingerprint density at radius 1 is 1.10 bits per heavy atom. The van der Waals surface area contributed by atoms with Gasteiger partial charge in [0, 0.05) is 17.3 Å². The largest absolute Gasteiger partial charge is 0.493 e. The van der Waals surface area contributed by atoms with E-state index in [9.17, 15) is 9.90 Å². The first-order valence-electron chi connectivity index (χ1n) is 6.41. The summed E-state index contributed by atoms with van der Waals surface area (Å²) in [5.74, 6) is 0.837. The lowest BCUT2D eigenvalue weighted by atomic mass is 10.1. The van der Waals surface area contributed by atoms with Gasteiger partial charge in [0.2, 0.25) is 0 Å². The molecular formula is C16H17NO4. The van der Waals surface area contributed by atoms with Crippen LogP contribution < -0.4 is 14.8 Å². The number of hydrogen-bond donors (Lipinski definition) is 2. The number of benzene rings is 2. The number of carbonyl (C=O) groups is 1. The maximum Gasteiger partial charge on any atom is 0.256 e. The Balaban J connectivity index is 2.23. The van der Waals surface area contributed by atoms with Gasteiger partial charge < -0.3 is 19.9 Å². The Labute approximate surface area is 123 Å². The van der Waals surface area contributed by atoms with E-state index in [1.807, 2.05) is 0 Å². The smallest absolute Gasteiger partial charge is 0.256 e. The topological polar surface area (TPSA) is 67.8 Å². The zero-order chi connectivity index (χ0) is 15.2. The van der Waals surface area contributed by atoms with Crippen LogP contribution in [0.4, 0.5) is 5.69 Å². The Bertz CT molecular complexity index is 640. The first-order valence-corrected chi connectivity index (χ1v) is 6.41. The maximum atomic E-state index is 12.3. The van der Waals surface area contributed by atoms with E-state index in [2.05, 4.69) is 5.32 Å². The summed E-state index contributed by atoms with van der Waals surface area (Å²) in [6.07, 6.45) is 0. The number of methoxy groups -OCH3 is 2. The van der Waals surface area contributed by atoms with Crippen LogP contribution in [0.1, 0.15) is 15.9 Å². The molecule has 0 fully saturated rings. The molecule has 0 spiro atoms. The number of carbonyl (C=O) groups excluding carboxylic acids is 1. The number of nitrogens with one attached hydrogen (secondary N) is 1. The van der Waals surface area contributed by atoms with Crippen molar-refractivity contribution in [2.24, 2.45) is 0 Å². The number of aliphatic hydroxyl groups excluding tert-OH is 1. The third-order valence-corrected chi connectivity index (χ3v) is 3.07. The molecule has 0 radical (unpaired) electrons. The highest BCUT2D eigenvalue weighted by molar-refractivity contribution is 6.05. The fourth-order valence-electron chi connectivity index (χ4n) is 1.99. The molecule has 1 amide bonds. The molecule has 0 saturated carbocycles. The quantitative estimate of drug-likeness (QED) is 0.886. The van der Waals surface area contributed by atoms with Crippen LogP contribution in [0.5, 0.6) is 11.5 Å². The van der Waals surface area contributed by atoms with Crippen LogP contribution in [0.25, 0.3) is 0 Å². The van der Waals surface area contributed by atoms with Crippen molar-refractivity contribution in [1.29, 1.82) is 0 Å². The van der Waals surface area contributed by atoms with Gasteiger partial charge in [-0.05, 0) is 23.8 Å². The lowest BCUT2D eigenvalue weighted by Gasteiger charge is -2.11. The number of rotatable bonds is 5. The molecule has 21 heavy (non-hydrogen) atoms. The average Bonchev–Trinajstić information content (AvgIpc) is 2.54. The van der Waals surface area contributed by atoms with Crippen LogP contribution >= 0.6 is 0 Å². The van der Waals surface area contributed by atoms with Crippen molar-refractivity contribution in [2.45, 2.75) is 6.61 Å². The second-order valence-electron chi connectivity index (χ2n) is 4.34. The lowest BCUT2D eigenvalue weighted by Crippen LogP contribution is -2.14. The summed E-state index contributed by atoms with van der Waals surface area (Å²) in [7, 11) is 3.08. The average molecular weight is 287 g/mol. The van der Waals surface area contributed by atoms with E-state index in [-0.39, 0.29) is 12.5 Å². The summed E-state index contributed by atoms with van der Waals surface area (Å²) >= 11 is 0. The normalized spacial score (nSPS) is 10.0. The highest BCUT2D eigenvalue weighted by Gasteiger charge is 2.12. The molecule has 2 rings (SSSR count). The van der Waals surface area contributed by atoms with E-state index in [0.717, 1.165) is 0 Å². The Morgan fingerprint density at radius 2 is 1.81 bits per heavy atom. The summed E-state index contributed by atoms with van der Waals surface area (Å²) in [5.41, 5.74) is 1.61. The molecule has 5 nitrogen and oxygen atoms in total. The second kappa shape index (κ2) is 6.76. The molecule has 2 aromatic carbocycles. The minimum Gasteiger partial charge on any atom is -0.493 e. The molecule has 0 aliphatic heterocycles. The Morgan fingerprint density at radius 3 is 2.48 bits per heavy atom. The molecule has 0 atom stereocenters. The molecule has 0 unspecified atom stereocenters. The van der Waals surface area contributed by atoms with Crippen LogP contribution in [0.3, 0.4) is 0 Å². The lowest BCUT2D eigenvalue weighted by molar-refractivity contribution is 0.102. The van der Waals surface area contributed by atoms with Crippen molar-refractivity contribution in [3.05, 3.63) is 53.6 Å². The van der Waals surface area contributed by atoms with Crippen LogP contribution in [-0.2, 0) is 6.61 Å². The molecule has 110 valence electrons. The summed E-state index contributed by atoms with van der Waals surface area (Å²) in [5, 5.41) is 12.0. The number of ether oxygens (including phenoxy) is 2. The van der Waals surface area contributed by atoms with Gasteiger partial charge in [0.1, 0.15) is 0 Å². The molecule has 0 aliphatic carbocycles. The maximum absolute atomic E-state index is 12.3. The molecule has 2 aromatic rings. The van der Waals surface area contributed by atoms with Crippen molar-refractivity contribution < 1.29 is 19.4 Å². The first-order chi connectivity index (χ1) is 10.2. The van der Waals surface area contributed by atoms with Crippen molar-refractivity contribution in [3.8, 4) is 11.5 Å². The van der Waals surface area contributed by atoms with Crippen LogP contribution in [-0.4, -0.2) is 25.2 Å². The molecule has 0 aromatic heterocycles. The highest BCUT2D eigenvalue weighted by atomic mass is 16.5. The summed E-state index contributed by atoms with van der Waals surface area (Å²) in [4.78, 5) is 12.3. The fourth-order valence-corrected chi connectivity index (χ4v) is 1.99. The molecular weight excluding hydrogens is 270 g/mol. The number of anilines is 1. The summed E-state index contributed by atoms with van der Waals surface area (Å²) in [6, 6.07) is 12.0. The van der Waals surface area contributed by atoms with Gasteiger partial charge in [0.15, 0.2) is 11.5 Å². The molecule has 0 bridgehead atoms. The van der Waals surface area contributed by atoms with Crippen molar-refractivity contribution in [3.63, 3.8) is 0 Å². The van der Waals surface area contributed by atoms with Gasteiger partial charge in [-0.2, -0.15) is 0 Å². The number of aliphatic hydroxyl groups is 1. The van der Waals surface area contributed by atoms with Gasteiger partial charge in [0.25, 0.3) is 5.91 Å². The van der Waals surface area contributed by atoms with E-state index in [0.29, 0.717) is 28.3 Å². The SMILES string of the molecule is COc1ccc(NC(=O)c2ccccc2CO)cc1OC. The predicted octanol–water partition coefficient (Wildman–Crippen LogP) is 2.45. The monoisotopic (exact) mass is 287 g/mol. The third kappa shape index (κ3) is 3.32. The van der Waals surface area contributed by atoms with Gasteiger partial charge in [-0.25, -0.2) is 0 Å². The highest BCUT2D eigenvalue weighted by Crippen LogP contribution is 2.30. The molecule has 0 aliphatic rings. The second-order valence-corrected chi connectivity index (χ2v) is 4.34. The Hall–Kier alpha value is -2.53. The van der Waals surface area contributed by atoms with E-state index < -0.39 is 0 Å². The third-order valence-electron chi connectivity index (χ3n) is 3.07. The van der Waals surface area contributed by atoms with Crippen LogP contribution in [0, 0.1) is 0 Å². The van der Waals surface area contributed by atoms with E-state index in [4.69, 9.17) is 9.47 Å². The van der Waals surface area contributed by atoms with Gasteiger partial charge in [-0.3, -0.25) is 4.79 Å². The van der Waals surface area contributed by atoms with E-state index in [1.165, 1.54) is 7.11 Å². The predicted molar refractivity (Wildman–Crippen MR) is 79.9 cm³/mol. The number of amides is 1. The molecule has 0 heterocycles. The van der Waals surface area contributed by atoms with Crippen molar-refractivity contribution in [1.82, 2.24) is 0 Å². The summed E-state index contributed by atoms with van der Waals surface area (Å²) in [6.45, 7) is -0.185. The molecule has 5 heteroatoms. The van der Waals surface area contributed by atoms with Crippen LogP contribution in [0.2, 0.25) is 0 Å². The fraction of sp³-hybridized carbons (Fsp3) is 0.188. The standard InChI is InChI=1S/C16H17NO4/c1-20-14-8-7-12(9-15(14)21-2)17-16(19)13-6-4-3-5-11(13)10-18/h3-9,18H,10H2,1-2H3,(H,17,19). The van der Waals surface area contributed by atoms with Gasteiger partial charge in [-0.15, -0.1) is 0 Å². The van der Waals surface area contributed by atoms with Crippen LogP contribution in [0.15, 0.2) is 42.5 Å². The van der Waals surface area contributed by atoms with Gasteiger partial charge >= 0.3 is 0 Å². The minimum absolute atomic E-state index is 0.185. The van der Waals surface area contributed by atoms with E-state index >= 15 is 0 Å². The minimum atomic E-state index is -0.285. The van der Waals surface area contributed by atoms with Gasteiger partial charge in [-0.1, -0.05) is 18.2 Å². The summed E-state index contributed by atoms with van der Waals surface area (Å²) < 4.78 is 10.3. The van der Waals surface area contributed by atoms with Gasteiger partial charge in [0.05, 0.1) is 20.8 Å². The molecule has 2 N–H and O–H groups in total. The zero-order valence-electron chi connectivity index (χ0n) is 11.9. The van der Waals surface area contributed by atoms with Crippen molar-refractivity contribution in [2.75, 3.05) is 19.5 Å². The molecule has 0 saturated heterocycles. The number of hydrogen-bond acceptors (Lipinski definition) is 4. The zero-order valence-corrected chi connectivity index (χ0v) is 11.9. The van der Waals surface area contributed by atoms with E-state index in [1.54, 1.807) is 49.6 Å². The van der Waals surface area contributed by atoms with Crippen molar-refractivity contribution >= 4 is 11.6 Å².